The summed E-state index contributed by atoms with van der Waals surface area (Å²) in [6.45, 7) is 0. The molecule has 0 saturated carbocycles. The second-order valence-electron chi connectivity index (χ2n) is 0.762. The number of halogens is 3. The second kappa shape index (κ2) is 6.05. The fraction of sp³-hybridized carbons (Fsp3) is 0.333. The summed E-state index contributed by atoms with van der Waals surface area (Å²) >= 11 is 14.6. The van der Waals surface area contributed by atoms with Crippen LogP contribution in [0.15, 0.2) is 0 Å². The SMILES string of the molecule is N=C=O.O=CC(Cl)(Cl)Cl. The van der Waals surface area contributed by atoms with Crippen molar-refractivity contribution in [3.8, 4) is 0 Å². The van der Waals surface area contributed by atoms with Crippen LogP contribution in [0.2, 0.25) is 0 Å². The molecule has 0 aliphatic heterocycles. The van der Waals surface area contributed by atoms with Crippen molar-refractivity contribution in [3.05, 3.63) is 0 Å². The number of carbonyl (C=O) groups excluding carboxylic acids is 2. The molecule has 0 aliphatic rings. The zero-order valence-electron chi connectivity index (χ0n) is 4.03. The predicted octanol–water partition coefficient (Wildman–Crippen LogP) is 1.46. The van der Waals surface area contributed by atoms with Crippen LogP contribution >= 0.6 is 34.8 Å². The van der Waals surface area contributed by atoms with Crippen molar-refractivity contribution in [1.29, 1.82) is 5.41 Å². The molecule has 0 radical (unpaired) electrons. The van der Waals surface area contributed by atoms with E-state index in [-0.39, 0.29) is 6.29 Å². The molecule has 0 aliphatic carbocycles. The van der Waals surface area contributed by atoms with Crippen LogP contribution < -0.4 is 0 Å². The highest BCUT2D eigenvalue weighted by Gasteiger charge is 2.16. The maximum atomic E-state index is 9.43. The van der Waals surface area contributed by atoms with E-state index in [1.807, 2.05) is 0 Å². The van der Waals surface area contributed by atoms with Crippen molar-refractivity contribution in [3.63, 3.8) is 0 Å². The van der Waals surface area contributed by atoms with Gasteiger partial charge in [-0.25, -0.2) is 10.2 Å². The fourth-order valence-electron chi connectivity index (χ4n) is 0. The lowest BCUT2D eigenvalue weighted by molar-refractivity contribution is -0.107. The molecule has 9 heavy (non-hydrogen) atoms. The third-order valence-electron chi connectivity index (χ3n) is 0.134. The van der Waals surface area contributed by atoms with E-state index in [1.54, 1.807) is 0 Å². The summed E-state index contributed by atoms with van der Waals surface area (Å²) in [5, 5.41) is 5.40. The summed E-state index contributed by atoms with van der Waals surface area (Å²) in [5.74, 6) is 0. The van der Waals surface area contributed by atoms with E-state index in [0.29, 0.717) is 0 Å². The van der Waals surface area contributed by atoms with Crippen LogP contribution in [0.25, 0.3) is 0 Å². The Labute approximate surface area is 66.4 Å². The summed E-state index contributed by atoms with van der Waals surface area (Å²) in [6, 6.07) is 0. The first-order chi connectivity index (χ1) is 3.97. The van der Waals surface area contributed by atoms with Crippen molar-refractivity contribution in [2.75, 3.05) is 0 Å². The highest BCUT2D eigenvalue weighted by atomic mass is 35.6. The fourth-order valence-corrected chi connectivity index (χ4v) is 0. The van der Waals surface area contributed by atoms with Gasteiger partial charge in [0.15, 0.2) is 6.29 Å². The molecule has 0 atom stereocenters. The Bertz CT molecular complexity index is 113. The van der Waals surface area contributed by atoms with Crippen LogP contribution in [-0.2, 0) is 9.59 Å². The number of isocyanates is 1. The second-order valence-corrected chi connectivity index (χ2v) is 3.13. The van der Waals surface area contributed by atoms with Gasteiger partial charge < -0.3 is 0 Å². The first kappa shape index (κ1) is 11.7. The molecule has 0 aromatic rings. The van der Waals surface area contributed by atoms with Gasteiger partial charge in [-0.3, -0.25) is 4.79 Å². The Morgan fingerprint density at radius 2 is 1.56 bits per heavy atom. The van der Waals surface area contributed by atoms with Gasteiger partial charge in [-0.2, -0.15) is 0 Å². The first-order valence-corrected chi connectivity index (χ1v) is 2.68. The van der Waals surface area contributed by atoms with E-state index >= 15 is 0 Å². The molecule has 0 spiro atoms. The number of aldehydes is 1. The minimum absolute atomic E-state index is 0.234. The summed E-state index contributed by atoms with van der Waals surface area (Å²) < 4.78 is -1.72. The number of hydrogen-bond acceptors (Lipinski definition) is 3. The Kier molecular flexibility index (Phi) is 7.85. The maximum absolute atomic E-state index is 9.43. The molecule has 0 amide bonds. The molecular formula is C3H2Cl3NO2. The molecule has 0 fully saturated rings. The monoisotopic (exact) mass is 189 g/mol. The summed E-state index contributed by atoms with van der Waals surface area (Å²) in [7, 11) is 0. The Morgan fingerprint density at radius 3 is 1.56 bits per heavy atom. The van der Waals surface area contributed by atoms with Crippen LogP contribution in [0.3, 0.4) is 0 Å². The van der Waals surface area contributed by atoms with Crippen LogP contribution in [0.1, 0.15) is 0 Å². The van der Waals surface area contributed by atoms with Gasteiger partial charge in [-0.1, -0.05) is 34.8 Å². The molecule has 6 heteroatoms. The molecule has 0 saturated heterocycles. The van der Waals surface area contributed by atoms with Crippen molar-refractivity contribution in [2.45, 2.75) is 3.79 Å². The molecular weight excluding hydrogens is 188 g/mol. The predicted molar refractivity (Wildman–Crippen MR) is 34.8 cm³/mol. The summed E-state index contributed by atoms with van der Waals surface area (Å²) in [5.41, 5.74) is 0. The lowest BCUT2D eigenvalue weighted by Crippen LogP contribution is -2.00. The Morgan fingerprint density at radius 1 is 1.44 bits per heavy atom. The van der Waals surface area contributed by atoms with Gasteiger partial charge in [0.25, 0.3) is 0 Å². The zero-order chi connectivity index (χ0) is 7.91. The molecule has 0 aromatic carbocycles. The van der Waals surface area contributed by atoms with E-state index in [0.717, 1.165) is 6.08 Å². The van der Waals surface area contributed by atoms with E-state index < -0.39 is 3.79 Å². The highest BCUT2D eigenvalue weighted by molar-refractivity contribution is 6.74. The summed E-state index contributed by atoms with van der Waals surface area (Å²) in [6.07, 6.45) is 0.984. The number of nitrogens with one attached hydrogen (secondary N) is 1. The van der Waals surface area contributed by atoms with Gasteiger partial charge in [-0.15, -0.1) is 0 Å². The molecule has 0 bridgehead atoms. The third-order valence-corrected chi connectivity index (χ3v) is 0.401. The smallest absolute Gasteiger partial charge is 0.245 e. The maximum Gasteiger partial charge on any atom is 0.245 e. The molecule has 0 unspecified atom stereocenters. The molecule has 3 nitrogen and oxygen atoms in total. The van der Waals surface area contributed by atoms with Gasteiger partial charge in [0.05, 0.1) is 0 Å². The lowest BCUT2D eigenvalue weighted by atomic mass is 10.9. The lowest BCUT2D eigenvalue weighted by Gasteiger charge is -1.93. The number of hydrogen-bond donors (Lipinski definition) is 1. The third kappa shape index (κ3) is 32.6. The summed E-state index contributed by atoms with van der Waals surface area (Å²) in [4.78, 5) is 17.8. The van der Waals surface area contributed by atoms with Crippen LogP contribution in [0.4, 0.5) is 0 Å². The van der Waals surface area contributed by atoms with Crippen molar-refractivity contribution in [2.24, 2.45) is 0 Å². The van der Waals surface area contributed by atoms with Crippen LogP contribution in [0.5, 0.6) is 0 Å². The molecule has 0 heterocycles. The molecule has 1 N–H and O–H groups in total. The standard InChI is InChI=1S/C2HCl3O.CHNO/c3-2(4,5)1-6;2-1-3/h1H;2H. The topological polar surface area (TPSA) is 58.0 Å². The van der Waals surface area contributed by atoms with Crippen LogP contribution in [0, 0.1) is 5.41 Å². The number of carbonyl (C=O) groups is 1. The quantitative estimate of drug-likeness (QED) is 0.272. The minimum atomic E-state index is -1.72. The largest absolute Gasteiger partial charge is 0.299 e. The van der Waals surface area contributed by atoms with Gasteiger partial charge >= 0.3 is 0 Å². The first-order valence-electron chi connectivity index (χ1n) is 1.55. The van der Waals surface area contributed by atoms with Crippen molar-refractivity contribution >= 4 is 47.2 Å². The Balaban J connectivity index is 0. The Hall–Kier alpha value is -0.0800. The molecule has 0 rings (SSSR count). The molecule has 0 aromatic heterocycles. The normalized spacial score (nSPS) is 8.33. The zero-order valence-corrected chi connectivity index (χ0v) is 6.30. The average molecular weight is 190 g/mol. The van der Waals surface area contributed by atoms with Gasteiger partial charge in [0.1, 0.15) is 0 Å². The molecule has 52 valence electrons. The highest BCUT2D eigenvalue weighted by Crippen LogP contribution is 2.21. The van der Waals surface area contributed by atoms with E-state index in [2.05, 4.69) is 0 Å². The van der Waals surface area contributed by atoms with E-state index in [9.17, 15) is 4.79 Å². The minimum Gasteiger partial charge on any atom is -0.299 e. The van der Waals surface area contributed by atoms with Gasteiger partial charge in [0, 0.05) is 0 Å². The van der Waals surface area contributed by atoms with E-state index in [4.69, 9.17) is 45.0 Å². The number of rotatable bonds is 0. The van der Waals surface area contributed by atoms with Crippen molar-refractivity contribution in [1.82, 2.24) is 0 Å². The van der Waals surface area contributed by atoms with E-state index in [1.165, 1.54) is 0 Å². The van der Waals surface area contributed by atoms with Crippen molar-refractivity contribution < 1.29 is 9.59 Å². The van der Waals surface area contributed by atoms with Gasteiger partial charge in [0.2, 0.25) is 9.87 Å². The number of alkyl halides is 3. The average Bonchev–Trinajstić information content (AvgIpc) is 1.67. The van der Waals surface area contributed by atoms with Gasteiger partial charge in [-0.05, 0) is 0 Å². The van der Waals surface area contributed by atoms with Crippen LogP contribution in [-0.4, -0.2) is 16.2 Å².